The van der Waals surface area contributed by atoms with Gasteiger partial charge in [0, 0.05) is 12.2 Å². The summed E-state index contributed by atoms with van der Waals surface area (Å²) in [4.78, 5) is 0. The first kappa shape index (κ1) is 12.3. The summed E-state index contributed by atoms with van der Waals surface area (Å²) in [6.07, 6.45) is 1.22. The van der Waals surface area contributed by atoms with Crippen LogP contribution in [-0.4, -0.2) is 12.7 Å². The standard InChI is InChI=1S/C11H13F3N2O/c12-7-4-3-6(9(13)10(7)14)11(16-15)8-2-1-5-17-8/h3-4,8,11,16H,1-2,5,15H2. The molecule has 2 unspecified atom stereocenters. The fourth-order valence-electron chi connectivity index (χ4n) is 2.04. The first-order chi connectivity index (χ1) is 8.15. The van der Waals surface area contributed by atoms with Crippen molar-refractivity contribution >= 4 is 0 Å². The second kappa shape index (κ2) is 5.03. The molecule has 17 heavy (non-hydrogen) atoms. The summed E-state index contributed by atoms with van der Waals surface area (Å²) in [6.45, 7) is 0.564. The van der Waals surface area contributed by atoms with Gasteiger partial charge in [0.2, 0.25) is 0 Å². The van der Waals surface area contributed by atoms with E-state index >= 15 is 0 Å². The largest absolute Gasteiger partial charge is 0.376 e. The minimum Gasteiger partial charge on any atom is -0.376 e. The molecule has 1 aromatic carbocycles. The Morgan fingerprint density at radius 3 is 2.65 bits per heavy atom. The Bertz CT molecular complexity index is 408. The van der Waals surface area contributed by atoms with Gasteiger partial charge in [0.05, 0.1) is 12.1 Å². The highest BCUT2D eigenvalue weighted by atomic mass is 19.2. The van der Waals surface area contributed by atoms with Crippen LogP contribution >= 0.6 is 0 Å². The van der Waals surface area contributed by atoms with Crippen molar-refractivity contribution < 1.29 is 17.9 Å². The Kier molecular flexibility index (Phi) is 3.66. The number of hydrazine groups is 1. The van der Waals surface area contributed by atoms with Gasteiger partial charge in [0.15, 0.2) is 17.5 Å². The van der Waals surface area contributed by atoms with Gasteiger partial charge in [-0.2, -0.15) is 0 Å². The quantitative estimate of drug-likeness (QED) is 0.485. The van der Waals surface area contributed by atoms with Crippen molar-refractivity contribution in [1.82, 2.24) is 5.43 Å². The smallest absolute Gasteiger partial charge is 0.194 e. The first-order valence-corrected chi connectivity index (χ1v) is 5.36. The Balaban J connectivity index is 2.33. The molecule has 1 aromatic rings. The zero-order valence-electron chi connectivity index (χ0n) is 9.05. The maximum atomic E-state index is 13.6. The van der Waals surface area contributed by atoms with Gasteiger partial charge < -0.3 is 4.74 Å². The molecule has 0 radical (unpaired) electrons. The van der Waals surface area contributed by atoms with Crippen molar-refractivity contribution in [3.8, 4) is 0 Å². The maximum Gasteiger partial charge on any atom is 0.194 e. The maximum absolute atomic E-state index is 13.6. The lowest BCUT2D eigenvalue weighted by atomic mass is 9.99. The van der Waals surface area contributed by atoms with Crippen molar-refractivity contribution in [3.05, 3.63) is 35.1 Å². The van der Waals surface area contributed by atoms with Crippen LogP contribution in [-0.2, 0) is 4.74 Å². The van der Waals surface area contributed by atoms with E-state index in [1.807, 2.05) is 0 Å². The second-order valence-corrected chi connectivity index (χ2v) is 3.96. The number of hydrogen-bond acceptors (Lipinski definition) is 3. The van der Waals surface area contributed by atoms with Gasteiger partial charge in [-0.25, -0.2) is 13.2 Å². The molecule has 3 nitrogen and oxygen atoms in total. The summed E-state index contributed by atoms with van der Waals surface area (Å²) >= 11 is 0. The van der Waals surface area contributed by atoms with Gasteiger partial charge in [-0.05, 0) is 18.9 Å². The van der Waals surface area contributed by atoms with E-state index in [-0.39, 0.29) is 11.7 Å². The van der Waals surface area contributed by atoms with E-state index in [9.17, 15) is 13.2 Å². The third-order valence-corrected chi connectivity index (χ3v) is 2.92. The number of hydrogen-bond donors (Lipinski definition) is 2. The molecule has 1 heterocycles. The van der Waals surface area contributed by atoms with Crippen LogP contribution in [0.1, 0.15) is 24.4 Å². The summed E-state index contributed by atoms with van der Waals surface area (Å²) in [5, 5.41) is 0. The van der Waals surface area contributed by atoms with Gasteiger partial charge in [0.25, 0.3) is 0 Å². The van der Waals surface area contributed by atoms with Crippen molar-refractivity contribution in [2.45, 2.75) is 25.0 Å². The number of rotatable bonds is 3. The van der Waals surface area contributed by atoms with Crippen molar-refractivity contribution in [3.63, 3.8) is 0 Å². The van der Waals surface area contributed by atoms with Crippen LogP contribution in [0.15, 0.2) is 12.1 Å². The van der Waals surface area contributed by atoms with Crippen LogP contribution in [0.4, 0.5) is 13.2 Å². The molecule has 6 heteroatoms. The number of halogens is 3. The molecule has 1 saturated heterocycles. The highest BCUT2D eigenvalue weighted by Gasteiger charge is 2.30. The van der Waals surface area contributed by atoms with Crippen LogP contribution in [0.3, 0.4) is 0 Å². The second-order valence-electron chi connectivity index (χ2n) is 3.96. The molecule has 3 N–H and O–H groups in total. The highest BCUT2D eigenvalue weighted by Crippen LogP contribution is 2.29. The highest BCUT2D eigenvalue weighted by molar-refractivity contribution is 5.24. The zero-order valence-corrected chi connectivity index (χ0v) is 9.05. The third-order valence-electron chi connectivity index (χ3n) is 2.92. The van der Waals surface area contributed by atoms with Gasteiger partial charge in [0.1, 0.15) is 0 Å². The van der Waals surface area contributed by atoms with Gasteiger partial charge in [-0.1, -0.05) is 6.07 Å². The van der Waals surface area contributed by atoms with Crippen LogP contribution in [0.25, 0.3) is 0 Å². The van der Waals surface area contributed by atoms with Crippen molar-refractivity contribution in [2.75, 3.05) is 6.61 Å². The molecule has 0 saturated carbocycles. The number of ether oxygens (including phenoxy) is 1. The predicted molar refractivity (Wildman–Crippen MR) is 55.4 cm³/mol. The average Bonchev–Trinajstić information content (AvgIpc) is 2.84. The SMILES string of the molecule is NNC(c1ccc(F)c(F)c1F)C1CCCO1. The molecular weight excluding hydrogens is 233 g/mol. The predicted octanol–water partition coefficient (Wildman–Crippen LogP) is 1.79. The van der Waals surface area contributed by atoms with Crippen LogP contribution in [0.2, 0.25) is 0 Å². The molecule has 1 aliphatic heterocycles. The van der Waals surface area contributed by atoms with Gasteiger partial charge in [-0.3, -0.25) is 11.3 Å². The molecule has 2 atom stereocenters. The molecule has 0 spiro atoms. The molecule has 94 valence electrons. The van der Waals surface area contributed by atoms with Gasteiger partial charge in [-0.15, -0.1) is 0 Å². The Labute approximate surface area is 96.7 Å². The molecule has 2 rings (SSSR count). The summed E-state index contributed by atoms with van der Waals surface area (Å²) in [5.74, 6) is 1.41. The molecular formula is C11H13F3N2O. The van der Waals surface area contributed by atoms with Crippen LogP contribution in [0.5, 0.6) is 0 Å². The lowest BCUT2D eigenvalue weighted by Gasteiger charge is -2.23. The summed E-state index contributed by atoms with van der Waals surface area (Å²) in [5.41, 5.74) is 2.38. The summed E-state index contributed by atoms with van der Waals surface area (Å²) < 4.78 is 44.9. The van der Waals surface area contributed by atoms with Crippen LogP contribution < -0.4 is 11.3 Å². The molecule has 0 amide bonds. The van der Waals surface area contributed by atoms with E-state index in [2.05, 4.69) is 5.43 Å². The van der Waals surface area contributed by atoms with Gasteiger partial charge >= 0.3 is 0 Å². The lowest BCUT2D eigenvalue weighted by molar-refractivity contribution is 0.0769. The minimum atomic E-state index is -1.49. The fourth-order valence-corrected chi connectivity index (χ4v) is 2.04. The van der Waals surface area contributed by atoms with E-state index in [0.29, 0.717) is 13.0 Å². The normalized spacial score (nSPS) is 21.8. The van der Waals surface area contributed by atoms with E-state index in [0.717, 1.165) is 12.5 Å². The summed E-state index contributed by atoms with van der Waals surface area (Å²) in [6, 6.07) is 1.39. The summed E-state index contributed by atoms with van der Waals surface area (Å²) in [7, 11) is 0. The Morgan fingerprint density at radius 1 is 1.29 bits per heavy atom. The number of nitrogens with two attached hydrogens (primary N) is 1. The first-order valence-electron chi connectivity index (χ1n) is 5.36. The van der Waals surface area contributed by atoms with E-state index in [4.69, 9.17) is 10.6 Å². The monoisotopic (exact) mass is 246 g/mol. The topological polar surface area (TPSA) is 47.3 Å². The average molecular weight is 246 g/mol. The van der Waals surface area contributed by atoms with E-state index in [1.54, 1.807) is 0 Å². The molecule has 1 aliphatic rings. The fraction of sp³-hybridized carbons (Fsp3) is 0.455. The third kappa shape index (κ3) is 2.29. The zero-order chi connectivity index (χ0) is 12.4. The van der Waals surface area contributed by atoms with E-state index in [1.165, 1.54) is 6.07 Å². The van der Waals surface area contributed by atoms with Crippen molar-refractivity contribution in [1.29, 1.82) is 0 Å². The lowest BCUT2D eigenvalue weighted by Crippen LogP contribution is -2.37. The molecule has 0 aliphatic carbocycles. The number of benzene rings is 1. The van der Waals surface area contributed by atoms with Crippen molar-refractivity contribution in [2.24, 2.45) is 5.84 Å². The molecule has 0 bridgehead atoms. The Morgan fingerprint density at radius 2 is 2.06 bits per heavy atom. The Hall–Kier alpha value is -1.11. The van der Waals surface area contributed by atoms with Crippen LogP contribution in [0, 0.1) is 17.5 Å². The molecule has 1 fully saturated rings. The number of nitrogens with one attached hydrogen (secondary N) is 1. The van der Waals surface area contributed by atoms with E-state index < -0.39 is 23.5 Å². The minimum absolute atomic E-state index is 0.0155. The molecule has 0 aromatic heterocycles.